The van der Waals surface area contributed by atoms with Gasteiger partial charge in [-0.3, -0.25) is 4.79 Å². The van der Waals surface area contributed by atoms with Crippen molar-refractivity contribution in [2.45, 2.75) is 18.3 Å². The zero-order chi connectivity index (χ0) is 12.1. The molecule has 0 saturated heterocycles. The Morgan fingerprint density at radius 1 is 1.44 bits per heavy atom. The van der Waals surface area contributed by atoms with Crippen molar-refractivity contribution in [3.05, 3.63) is 12.2 Å². The van der Waals surface area contributed by atoms with Gasteiger partial charge in [0.2, 0.25) is 5.67 Å². The van der Waals surface area contributed by atoms with Crippen molar-refractivity contribution in [3.63, 3.8) is 0 Å². The van der Waals surface area contributed by atoms with Gasteiger partial charge < -0.3 is 4.74 Å². The third kappa shape index (κ3) is 1.21. The molecular formula is C10H10F4O2. The highest BCUT2D eigenvalue weighted by Crippen LogP contribution is 2.59. The van der Waals surface area contributed by atoms with Crippen molar-refractivity contribution in [2.24, 2.45) is 17.8 Å². The van der Waals surface area contributed by atoms with Crippen LogP contribution < -0.4 is 0 Å². The first-order valence-electron chi connectivity index (χ1n) is 4.84. The lowest BCUT2D eigenvalue weighted by molar-refractivity contribution is -0.255. The Bertz CT molecular complexity index is 349. The predicted octanol–water partition coefficient (Wildman–Crippen LogP) is 2.25. The molecule has 6 heteroatoms. The quantitative estimate of drug-likeness (QED) is 0.398. The summed E-state index contributed by atoms with van der Waals surface area (Å²) in [6, 6.07) is 0. The monoisotopic (exact) mass is 238 g/mol. The predicted molar refractivity (Wildman–Crippen MR) is 46.1 cm³/mol. The lowest BCUT2D eigenvalue weighted by atomic mass is 9.79. The summed E-state index contributed by atoms with van der Waals surface area (Å²) in [6.45, 7) is 0. The Labute approximate surface area is 89.3 Å². The zero-order valence-corrected chi connectivity index (χ0v) is 8.42. The van der Waals surface area contributed by atoms with E-state index in [1.807, 2.05) is 0 Å². The molecule has 0 spiro atoms. The molecule has 0 N–H and O–H groups in total. The fourth-order valence-electron chi connectivity index (χ4n) is 2.69. The maximum absolute atomic E-state index is 14.1. The van der Waals surface area contributed by atoms with Crippen LogP contribution in [0.2, 0.25) is 0 Å². The molecule has 0 amide bonds. The van der Waals surface area contributed by atoms with Crippen LogP contribution in [0.15, 0.2) is 12.2 Å². The summed E-state index contributed by atoms with van der Waals surface area (Å²) in [6.07, 6.45) is -2.35. The molecular weight excluding hydrogens is 228 g/mol. The third-order valence-corrected chi connectivity index (χ3v) is 3.43. The lowest BCUT2D eigenvalue weighted by Gasteiger charge is -2.34. The Kier molecular flexibility index (Phi) is 2.29. The number of hydrogen-bond donors (Lipinski definition) is 0. The van der Waals surface area contributed by atoms with E-state index >= 15 is 0 Å². The fraction of sp³-hybridized carbons (Fsp3) is 0.700. The van der Waals surface area contributed by atoms with Gasteiger partial charge in [-0.05, 0) is 12.3 Å². The third-order valence-electron chi connectivity index (χ3n) is 3.43. The highest BCUT2D eigenvalue weighted by atomic mass is 19.4. The maximum Gasteiger partial charge on any atom is 0.423 e. The van der Waals surface area contributed by atoms with Crippen LogP contribution in [0.1, 0.15) is 6.42 Å². The van der Waals surface area contributed by atoms with Crippen LogP contribution in [0.3, 0.4) is 0 Å². The minimum absolute atomic E-state index is 0.0236. The molecule has 90 valence electrons. The van der Waals surface area contributed by atoms with Crippen LogP contribution in [-0.4, -0.2) is 24.9 Å². The molecule has 2 rings (SSSR count). The van der Waals surface area contributed by atoms with E-state index in [0.29, 0.717) is 0 Å². The van der Waals surface area contributed by atoms with Crippen molar-refractivity contribution in [2.75, 3.05) is 7.11 Å². The summed E-state index contributed by atoms with van der Waals surface area (Å²) in [5.41, 5.74) is -3.47. The molecule has 1 fully saturated rings. The normalized spacial score (nSPS) is 41.4. The first-order chi connectivity index (χ1) is 7.32. The molecule has 0 heterocycles. The van der Waals surface area contributed by atoms with Crippen molar-refractivity contribution in [1.82, 2.24) is 0 Å². The number of carbonyl (C=O) groups is 1. The van der Waals surface area contributed by atoms with E-state index in [1.54, 1.807) is 0 Å². The van der Waals surface area contributed by atoms with E-state index < -0.39 is 35.6 Å². The summed E-state index contributed by atoms with van der Waals surface area (Å²) < 4.78 is 56.6. The summed E-state index contributed by atoms with van der Waals surface area (Å²) in [5.74, 6) is -4.85. The fourth-order valence-corrected chi connectivity index (χ4v) is 2.69. The standard InChI is InChI=1S/C10H10F4O2/c1-16-8(15)7-5-2-3-6(4-5)9(7,11)10(12,13)14/h2-3,5-7H,4H2,1H3. The average molecular weight is 238 g/mol. The minimum atomic E-state index is -5.05. The van der Waals surface area contributed by atoms with Gasteiger partial charge in [-0.15, -0.1) is 0 Å². The Hall–Kier alpha value is -1.07. The Balaban J connectivity index is 2.43. The number of alkyl halides is 4. The van der Waals surface area contributed by atoms with Gasteiger partial charge in [0.1, 0.15) is 5.92 Å². The van der Waals surface area contributed by atoms with Crippen LogP contribution in [0.4, 0.5) is 17.6 Å². The molecule has 0 aromatic heterocycles. The second-order valence-corrected chi connectivity index (χ2v) is 4.16. The van der Waals surface area contributed by atoms with Crippen LogP contribution in [-0.2, 0) is 9.53 Å². The van der Waals surface area contributed by atoms with Crippen molar-refractivity contribution >= 4 is 5.97 Å². The number of esters is 1. The highest BCUT2D eigenvalue weighted by Gasteiger charge is 2.73. The molecule has 2 nitrogen and oxygen atoms in total. The SMILES string of the molecule is COC(=O)C1C2C=CC(C2)C1(F)C(F)(F)F. The minimum Gasteiger partial charge on any atom is -0.469 e. The zero-order valence-electron chi connectivity index (χ0n) is 8.42. The summed E-state index contributed by atoms with van der Waals surface area (Å²) >= 11 is 0. The molecule has 4 unspecified atom stereocenters. The number of methoxy groups -OCH3 is 1. The Morgan fingerprint density at radius 3 is 2.56 bits per heavy atom. The number of allylic oxidation sites excluding steroid dienone is 2. The number of rotatable bonds is 1. The summed E-state index contributed by atoms with van der Waals surface area (Å²) in [5, 5.41) is 0. The molecule has 0 aromatic rings. The van der Waals surface area contributed by atoms with Crippen LogP contribution in [0.25, 0.3) is 0 Å². The van der Waals surface area contributed by atoms with Crippen molar-refractivity contribution in [3.8, 4) is 0 Å². The molecule has 0 aromatic carbocycles. The second-order valence-electron chi connectivity index (χ2n) is 4.16. The largest absolute Gasteiger partial charge is 0.469 e. The van der Waals surface area contributed by atoms with Gasteiger partial charge in [-0.25, -0.2) is 4.39 Å². The van der Waals surface area contributed by atoms with Gasteiger partial charge in [-0.1, -0.05) is 12.2 Å². The van der Waals surface area contributed by atoms with Crippen LogP contribution >= 0.6 is 0 Å². The highest BCUT2D eigenvalue weighted by molar-refractivity contribution is 5.76. The van der Waals surface area contributed by atoms with Crippen LogP contribution in [0.5, 0.6) is 0 Å². The summed E-state index contributed by atoms with van der Waals surface area (Å²) in [4.78, 5) is 11.3. The van der Waals surface area contributed by atoms with Crippen LogP contribution in [0, 0.1) is 17.8 Å². The van der Waals surface area contributed by atoms with Gasteiger partial charge >= 0.3 is 12.1 Å². The van der Waals surface area contributed by atoms with Gasteiger partial charge in [0.05, 0.1) is 7.11 Å². The number of carbonyl (C=O) groups excluding carboxylic acids is 1. The maximum atomic E-state index is 14.1. The van der Waals surface area contributed by atoms with Crippen molar-refractivity contribution in [1.29, 1.82) is 0 Å². The number of fused-ring (bicyclic) bond motifs is 2. The Morgan fingerprint density at radius 2 is 2.06 bits per heavy atom. The summed E-state index contributed by atoms with van der Waals surface area (Å²) in [7, 11) is 0.967. The van der Waals surface area contributed by atoms with E-state index in [9.17, 15) is 22.4 Å². The average Bonchev–Trinajstić information content (AvgIpc) is 2.74. The van der Waals surface area contributed by atoms with Crippen molar-refractivity contribution < 1.29 is 27.1 Å². The molecule has 2 bridgehead atoms. The second kappa shape index (κ2) is 3.21. The molecule has 0 aliphatic heterocycles. The molecule has 16 heavy (non-hydrogen) atoms. The molecule has 2 aliphatic carbocycles. The number of halogens is 4. The van der Waals surface area contributed by atoms with Gasteiger partial charge in [0.25, 0.3) is 0 Å². The molecule has 0 radical (unpaired) electrons. The van der Waals surface area contributed by atoms with E-state index in [1.165, 1.54) is 12.2 Å². The number of ether oxygens (including phenoxy) is 1. The van der Waals surface area contributed by atoms with E-state index in [2.05, 4.69) is 4.74 Å². The van der Waals surface area contributed by atoms with E-state index in [-0.39, 0.29) is 6.42 Å². The van der Waals surface area contributed by atoms with E-state index in [0.717, 1.165) is 7.11 Å². The smallest absolute Gasteiger partial charge is 0.423 e. The molecule has 2 aliphatic rings. The number of hydrogen-bond acceptors (Lipinski definition) is 2. The van der Waals surface area contributed by atoms with E-state index in [4.69, 9.17) is 0 Å². The molecule has 1 saturated carbocycles. The van der Waals surface area contributed by atoms with Gasteiger partial charge in [0.15, 0.2) is 0 Å². The first-order valence-corrected chi connectivity index (χ1v) is 4.84. The molecule has 4 atom stereocenters. The topological polar surface area (TPSA) is 26.3 Å². The first kappa shape index (κ1) is 11.4. The van der Waals surface area contributed by atoms with Gasteiger partial charge in [-0.2, -0.15) is 13.2 Å². The lowest BCUT2D eigenvalue weighted by Crippen LogP contribution is -2.53. The van der Waals surface area contributed by atoms with Gasteiger partial charge in [0, 0.05) is 5.92 Å².